The summed E-state index contributed by atoms with van der Waals surface area (Å²) in [5, 5.41) is 11.1. The lowest BCUT2D eigenvalue weighted by molar-refractivity contribution is -0.146. The minimum atomic E-state index is -0.592. The second-order valence-electron chi connectivity index (χ2n) is 9.61. The predicted octanol–water partition coefficient (Wildman–Crippen LogP) is 2.81. The van der Waals surface area contributed by atoms with Crippen molar-refractivity contribution in [2.24, 2.45) is 0 Å². The number of carbonyl (C=O) groups excluding carboxylic acids is 3. The van der Waals surface area contributed by atoms with Crippen LogP contribution in [-0.2, 0) is 52.2 Å². The molecule has 0 aliphatic rings. The molecule has 0 aromatic rings. The molecule has 0 saturated carbocycles. The van der Waals surface area contributed by atoms with Crippen molar-refractivity contribution in [3.63, 3.8) is 0 Å². The zero-order chi connectivity index (χ0) is 33.6. The van der Waals surface area contributed by atoms with Crippen LogP contribution in [-0.4, -0.2) is 141 Å². The highest BCUT2D eigenvalue weighted by Crippen LogP contribution is 2.01. The van der Waals surface area contributed by atoms with Gasteiger partial charge in [-0.25, -0.2) is 4.79 Å². The molecule has 0 aliphatic heterocycles. The molecule has 0 heterocycles. The molecule has 0 radical (unpaired) electrons. The first-order valence-electron chi connectivity index (χ1n) is 16.1. The van der Waals surface area contributed by atoms with E-state index in [1.165, 1.54) is 0 Å². The van der Waals surface area contributed by atoms with Gasteiger partial charge in [-0.2, -0.15) is 0 Å². The monoisotopic (exact) mass is 685 g/mol. The lowest BCUT2D eigenvalue weighted by atomic mass is 10.2. The van der Waals surface area contributed by atoms with Gasteiger partial charge in [-0.3, -0.25) is 9.59 Å². The smallest absolute Gasteiger partial charge is 0.407 e. The van der Waals surface area contributed by atoms with Gasteiger partial charge in [0.1, 0.15) is 19.8 Å². The number of halogens is 1. The molecule has 270 valence electrons. The molecule has 0 rings (SSSR count). The fraction of sp³-hybridized carbons (Fsp3) is 0.839. The van der Waals surface area contributed by atoms with Crippen LogP contribution in [0.4, 0.5) is 4.79 Å². The number of unbranched alkanes of at least 4 members (excludes halogenated alkanes) is 3. The summed E-state index contributed by atoms with van der Waals surface area (Å²) in [5.74, 6) is 0.0789. The Hall–Kier alpha value is -2.04. The number of alkyl carbamates (subject to hydrolysis) is 1. The Morgan fingerprint density at radius 1 is 0.522 bits per heavy atom. The van der Waals surface area contributed by atoms with Crippen molar-refractivity contribution < 1.29 is 62.1 Å². The zero-order valence-electron chi connectivity index (χ0n) is 27.3. The van der Waals surface area contributed by atoms with Crippen LogP contribution in [0, 0.1) is 0 Å². The van der Waals surface area contributed by atoms with Crippen LogP contribution in [0.1, 0.15) is 51.4 Å². The number of alkyl halides is 1. The quantitative estimate of drug-likeness (QED) is 0.0329. The highest BCUT2D eigenvalue weighted by Gasteiger charge is 2.04. The van der Waals surface area contributed by atoms with Crippen LogP contribution in [0.5, 0.6) is 0 Å². The van der Waals surface area contributed by atoms with E-state index in [0.29, 0.717) is 71.6 Å². The van der Waals surface area contributed by atoms with E-state index in [0.717, 1.165) is 32.3 Å². The Labute approximate surface area is 278 Å². The van der Waals surface area contributed by atoms with Gasteiger partial charge in [0.2, 0.25) is 0 Å². The summed E-state index contributed by atoms with van der Waals surface area (Å²) in [6.07, 6.45) is 8.56. The van der Waals surface area contributed by atoms with Crippen molar-refractivity contribution in [2.75, 3.05) is 118 Å². The van der Waals surface area contributed by atoms with Gasteiger partial charge in [-0.15, -0.1) is 11.6 Å². The molecule has 0 saturated heterocycles. The number of hydrogen-bond donors (Lipinski definition) is 2. The molecule has 0 aromatic carbocycles. The summed E-state index contributed by atoms with van der Waals surface area (Å²) >= 11 is 5.64. The van der Waals surface area contributed by atoms with Gasteiger partial charge in [0.05, 0.1) is 66.1 Å². The van der Waals surface area contributed by atoms with Gasteiger partial charge in [-0.1, -0.05) is 12.8 Å². The predicted molar refractivity (Wildman–Crippen MR) is 170 cm³/mol. The third kappa shape index (κ3) is 36.4. The van der Waals surface area contributed by atoms with E-state index in [1.54, 1.807) is 12.2 Å². The van der Waals surface area contributed by atoms with Crippen LogP contribution in [0.25, 0.3) is 0 Å². The first-order valence-corrected chi connectivity index (χ1v) is 16.6. The lowest BCUT2D eigenvalue weighted by Gasteiger charge is -2.08. The topological polar surface area (TPSA) is 167 Å². The number of nitrogens with one attached hydrogen (secondary N) is 1. The molecule has 0 atom stereocenters. The molecule has 1 amide bonds. The van der Waals surface area contributed by atoms with Crippen LogP contribution >= 0.6 is 11.6 Å². The summed E-state index contributed by atoms with van der Waals surface area (Å²) in [6, 6.07) is 0. The van der Waals surface area contributed by atoms with Gasteiger partial charge in [0.15, 0.2) is 0 Å². The standard InChI is InChI=1S/C31H56ClNO13/c32-11-3-1-2-4-14-38-21-22-39-16-8-10-30(36)45-28-27-43-26-24-41-19-12-33-31(37)46-18-6-5-17-44-29(35)9-7-15-40-23-25-42-20-13-34/h5-6,34H,1-4,7-28H2,(H,33,37)/b6-5+. The van der Waals surface area contributed by atoms with E-state index >= 15 is 0 Å². The van der Waals surface area contributed by atoms with Gasteiger partial charge in [0, 0.05) is 45.1 Å². The SMILES string of the molecule is O=C(CCCOCCOCCO)OC/C=C/COC(=O)NCCOCCOCCOC(=O)CCCOCCOCCCCCCCl. The highest BCUT2D eigenvalue weighted by molar-refractivity contribution is 6.17. The number of rotatable bonds is 35. The molecular weight excluding hydrogens is 630 g/mol. The van der Waals surface area contributed by atoms with Crippen molar-refractivity contribution in [2.45, 2.75) is 51.4 Å². The van der Waals surface area contributed by atoms with E-state index < -0.39 is 6.09 Å². The Morgan fingerprint density at radius 3 is 1.61 bits per heavy atom. The molecule has 0 bridgehead atoms. The number of esters is 2. The lowest BCUT2D eigenvalue weighted by Crippen LogP contribution is -2.28. The third-order valence-electron chi connectivity index (χ3n) is 5.69. The molecular formula is C31H56ClNO13. The molecule has 0 fully saturated rings. The van der Waals surface area contributed by atoms with Crippen molar-refractivity contribution >= 4 is 29.6 Å². The van der Waals surface area contributed by atoms with Crippen LogP contribution in [0.3, 0.4) is 0 Å². The number of aliphatic hydroxyl groups is 1. The highest BCUT2D eigenvalue weighted by atomic mass is 35.5. The maximum absolute atomic E-state index is 11.7. The number of aliphatic hydroxyl groups excluding tert-OH is 1. The summed E-state index contributed by atoms with van der Waals surface area (Å²) in [5.41, 5.74) is 0. The summed E-state index contributed by atoms with van der Waals surface area (Å²) < 4.78 is 47.2. The minimum absolute atomic E-state index is 0.0230. The maximum Gasteiger partial charge on any atom is 0.407 e. The van der Waals surface area contributed by atoms with E-state index in [4.69, 9.17) is 59.3 Å². The summed E-state index contributed by atoms with van der Waals surface area (Å²) in [4.78, 5) is 35.0. The molecule has 0 aromatic heterocycles. The molecule has 0 aliphatic carbocycles. The van der Waals surface area contributed by atoms with Gasteiger partial charge in [0.25, 0.3) is 0 Å². The molecule has 46 heavy (non-hydrogen) atoms. The fourth-order valence-electron chi connectivity index (χ4n) is 3.36. The first-order chi connectivity index (χ1) is 22.6. The molecule has 14 nitrogen and oxygen atoms in total. The van der Waals surface area contributed by atoms with Gasteiger partial charge < -0.3 is 53.1 Å². The Kier molecular flexibility index (Phi) is 35.8. The van der Waals surface area contributed by atoms with Crippen molar-refractivity contribution in [1.29, 1.82) is 0 Å². The third-order valence-corrected chi connectivity index (χ3v) is 5.95. The van der Waals surface area contributed by atoms with Crippen LogP contribution in [0.15, 0.2) is 12.2 Å². The second kappa shape index (κ2) is 37.4. The zero-order valence-corrected chi connectivity index (χ0v) is 28.0. The average Bonchev–Trinajstić information content (AvgIpc) is 3.05. The molecule has 0 spiro atoms. The summed E-state index contributed by atoms with van der Waals surface area (Å²) in [7, 11) is 0. The van der Waals surface area contributed by atoms with Crippen molar-refractivity contribution in [3.05, 3.63) is 12.2 Å². The normalized spacial score (nSPS) is 11.2. The van der Waals surface area contributed by atoms with E-state index in [-0.39, 0.29) is 77.6 Å². The average molecular weight is 686 g/mol. The van der Waals surface area contributed by atoms with E-state index in [2.05, 4.69) is 5.32 Å². The minimum Gasteiger partial charge on any atom is -0.463 e. The Morgan fingerprint density at radius 2 is 1.00 bits per heavy atom. The van der Waals surface area contributed by atoms with E-state index in [9.17, 15) is 14.4 Å². The summed E-state index contributed by atoms with van der Waals surface area (Å²) in [6.45, 7) is 5.52. The number of carbonyl (C=O) groups is 3. The Bertz CT molecular complexity index is 731. The molecule has 0 unspecified atom stereocenters. The van der Waals surface area contributed by atoms with Crippen LogP contribution < -0.4 is 5.32 Å². The number of ether oxygens (including phenoxy) is 9. The number of amides is 1. The fourth-order valence-corrected chi connectivity index (χ4v) is 3.54. The second-order valence-corrected chi connectivity index (χ2v) is 9.99. The van der Waals surface area contributed by atoms with Gasteiger partial charge in [-0.05, 0) is 37.8 Å². The maximum atomic E-state index is 11.7. The first kappa shape index (κ1) is 44.0. The molecule has 2 N–H and O–H groups in total. The number of hydrogen-bond acceptors (Lipinski definition) is 13. The Balaban J connectivity index is 3.36. The largest absolute Gasteiger partial charge is 0.463 e. The van der Waals surface area contributed by atoms with Crippen LogP contribution in [0.2, 0.25) is 0 Å². The van der Waals surface area contributed by atoms with Crippen molar-refractivity contribution in [3.8, 4) is 0 Å². The molecule has 15 heteroatoms. The van der Waals surface area contributed by atoms with Gasteiger partial charge >= 0.3 is 18.0 Å². The van der Waals surface area contributed by atoms with E-state index in [1.807, 2.05) is 0 Å². The van der Waals surface area contributed by atoms with Crippen molar-refractivity contribution in [1.82, 2.24) is 5.32 Å².